The van der Waals surface area contributed by atoms with E-state index in [-0.39, 0.29) is 5.56 Å². The lowest BCUT2D eigenvalue weighted by molar-refractivity contribution is 0.103. The van der Waals surface area contributed by atoms with Crippen molar-refractivity contribution in [1.29, 1.82) is 0 Å². The molecule has 0 aliphatic heterocycles. The van der Waals surface area contributed by atoms with Crippen molar-refractivity contribution in [3.05, 3.63) is 68.9 Å². The predicted molar refractivity (Wildman–Crippen MR) is 68.6 cm³/mol. The number of hydrogen-bond acceptors (Lipinski definition) is 1. The fourth-order valence-electron chi connectivity index (χ4n) is 1.70. The topological polar surface area (TPSA) is 17.1 Å². The van der Waals surface area contributed by atoms with Crippen LogP contribution in [-0.2, 0) is 0 Å². The molecule has 2 aromatic carbocycles. The molecule has 1 nitrogen and oxygen atoms in total. The molecule has 0 aliphatic rings. The van der Waals surface area contributed by atoms with Crippen molar-refractivity contribution in [1.82, 2.24) is 0 Å². The molecule has 0 saturated carbocycles. The maximum absolute atomic E-state index is 13.6. The molecule has 0 aliphatic carbocycles. The van der Waals surface area contributed by atoms with Gasteiger partial charge in [-0.3, -0.25) is 4.79 Å². The normalized spacial score (nSPS) is 10.6. The van der Waals surface area contributed by atoms with Crippen LogP contribution in [0.25, 0.3) is 0 Å². The summed E-state index contributed by atoms with van der Waals surface area (Å²) in [5.74, 6) is -5.11. The van der Waals surface area contributed by atoms with Gasteiger partial charge in [0.05, 0.1) is 5.56 Å². The highest BCUT2D eigenvalue weighted by Crippen LogP contribution is 2.24. The fraction of sp³-hybridized carbons (Fsp3) is 0.0714. The highest BCUT2D eigenvalue weighted by atomic mass is 79.9. The van der Waals surface area contributed by atoms with Crippen LogP contribution >= 0.6 is 15.9 Å². The Morgan fingerprint density at radius 2 is 1.68 bits per heavy atom. The van der Waals surface area contributed by atoms with Crippen LogP contribution < -0.4 is 0 Å². The Labute approximate surface area is 116 Å². The number of ketones is 1. The SMILES string of the molecule is Cc1c(Br)cccc1C(=O)c1ccc(F)c(F)c1F. The Kier molecular flexibility index (Phi) is 3.75. The Balaban J connectivity index is 2.57. The molecule has 0 N–H and O–H groups in total. The summed E-state index contributed by atoms with van der Waals surface area (Å²) >= 11 is 3.25. The van der Waals surface area contributed by atoms with Gasteiger partial charge >= 0.3 is 0 Å². The summed E-state index contributed by atoms with van der Waals surface area (Å²) in [5.41, 5.74) is 0.357. The van der Waals surface area contributed by atoms with E-state index in [1.807, 2.05) is 0 Å². The van der Waals surface area contributed by atoms with Crippen molar-refractivity contribution in [2.24, 2.45) is 0 Å². The van der Waals surface area contributed by atoms with Crippen LogP contribution in [0, 0.1) is 24.4 Å². The van der Waals surface area contributed by atoms with Crippen molar-refractivity contribution in [3.8, 4) is 0 Å². The van der Waals surface area contributed by atoms with Gasteiger partial charge in [0.15, 0.2) is 23.2 Å². The van der Waals surface area contributed by atoms with Crippen LogP contribution in [0.2, 0.25) is 0 Å². The first-order chi connectivity index (χ1) is 8.93. The first kappa shape index (κ1) is 13.8. The average Bonchev–Trinajstić information content (AvgIpc) is 2.39. The van der Waals surface area contributed by atoms with E-state index in [1.165, 1.54) is 6.07 Å². The van der Waals surface area contributed by atoms with Crippen LogP contribution in [0.15, 0.2) is 34.8 Å². The van der Waals surface area contributed by atoms with Crippen LogP contribution in [-0.4, -0.2) is 5.78 Å². The molecule has 19 heavy (non-hydrogen) atoms. The molecule has 98 valence electrons. The van der Waals surface area contributed by atoms with Gasteiger partial charge < -0.3 is 0 Å². The van der Waals surface area contributed by atoms with E-state index in [4.69, 9.17) is 0 Å². The van der Waals surface area contributed by atoms with Crippen molar-refractivity contribution in [2.75, 3.05) is 0 Å². The van der Waals surface area contributed by atoms with Crippen LogP contribution in [0.4, 0.5) is 13.2 Å². The summed E-state index contributed by atoms with van der Waals surface area (Å²) in [5, 5.41) is 0. The molecule has 0 saturated heterocycles. The number of rotatable bonds is 2. The third-order valence-corrected chi connectivity index (χ3v) is 3.65. The van der Waals surface area contributed by atoms with Gasteiger partial charge in [0.25, 0.3) is 0 Å². The Morgan fingerprint density at radius 3 is 2.37 bits per heavy atom. The monoisotopic (exact) mass is 328 g/mol. The first-order valence-corrected chi connectivity index (χ1v) is 6.16. The van der Waals surface area contributed by atoms with Gasteiger partial charge in [-0.1, -0.05) is 28.1 Å². The van der Waals surface area contributed by atoms with Gasteiger partial charge in [0, 0.05) is 10.0 Å². The van der Waals surface area contributed by atoms with Crippen molar-refractivity contribution in [3.63, 3.8) is 0 Å². The third kappa shape index (κ3) is 2.42. The van der Waals surface area contributed by atoms with Crippen molar-refractivity contribution >= 4 is 21.7 Å². The van der Waals surface area contributed by atoms with Crippen LogP contribution in [0.1, 0.15) is 21.5 Å². The minimum Gasteiger partial charge on any atom is -0.288 e. The molecule has 0 fully saturated rings. The third-order valence-electron chi connectivity index (χ3n) is 2.79. The number of halogens is 4. The molecule has 0 unspecified atom stereocenters. The molecular formula is C14H8BrF3O. The summed E-state index contributed by atoms with van der Waals surface area (Å²) in [6, 6.07) is 6.52. The van der Waals surface area contributed by atoms with Crippen LogP contribution in [0.5, 0.6) is 0 Å². The summed E-state index contributed by atoms with van der Waals surface area (Å²) in [6.07, 6.45) is 0. The van der Waals surface area contributed by atoms with Crippen molar-refractivity contribution in [2.45, 2.75) is 6.92 Å². The van der Waals surface area contributed by atoms with E-state index in [0.717, 1.165) is 12.1 Å². The van der Waals surface area contributed by atoms with E-state index in [0.29, 0.717) is 10.0 Å². The van der Waals surface area contributed by atoms with E-state index in [9.17, 15) is 18.0 Å². The second-order valence-corrected chi connectivity index (χ2v) is 4.82. The average molecular weight is 329 g/mol. The number of benzene rings is 2. The van der Waals surface area contributed by atoms with Gasteiger partial charge in [-0.2, -0.15) is 0 Å². The maximum atomic E-state index is 13.6. The zero-order valence-electron chi connectivity index (χ0n) is 9.81. The maximum Gasteiger partial charge on any atom is 0.196 e. The highest BCUT2D eigenvalue weighted by molar-refractivity contribution is 9.10. The van der Waals surface area contributed by atoms with Crippen molar-refractivity contribution < 1.29 is 18.0 Å². The molecule has 5 heteroatoms. The van der Waals surface area contributed by atoms with Gasteiger partial charge in [-0.05, 0) is 30.7 Å². The van der Waals surface area contributed by atoms with Gasteiger partial charge in [0.2, 0.25) is 0 Å². The first-order valence-electron chi connectivity index (χ1n) is 5.36. The molecule has 0 atom stereocenters. The standard InChI is InChI=1S/C14H8BrF3O/c1-7-8(3-2-4-10(7)15)14(19)9-5-6-11(16)13(18)12(9)17/h2-6H,1H3. The van der Waals surface area contributed by atoms with E-state index in [2.05, 4.69) is 15.9 Å². The molecular weight excluding hydrogens is 321 g/mol. The highest BCUT2D eigenvalue weighted by Gasteiger charge is 2.21. The minimum absolute atomic E-state index is 0.235. The molecule has 2 aromatic rings. The predicted octanol–water partition coefficient (Wildman–Crippen LogP) is 4.41. The smallest absolute Gasteiger partial charge is 0.196 e. The van der Waals surface area contributed by atoms with Crippen LogP contribution in [0.3, 0.4) is 0 Å². The van der Waals surface area contributed by atoms with E-state index < -0.39 is 28.8 Å². The molecule has 0 spiro atoms. The summed E-state index contributed by atoms with van der Waals surface area (Å²) in [4.78, 5) is 12.2. The van der Waals surface area contributed by atoms with E-state index in [1.54, 1.807) is 19.1 Å². The lowest BCUT2D eigenvalue weighted by Crippen LogP contribution is -2.09. The number of carbonyl (C=O) groups excluding carboxylic acids is 1. The van der Waals surface area contributed by atoms with Gasteiger partial charge in [-0.25, -0.2) is 13.2 Å². The molecule has 0 aromatic heterocycles. The summed E-state index contributed by atoms with van der Waals surface area (Å²) < 4.78 is 40.2. The molecule has 0 amide bonds. The summed E-state index contributed by atoms with van der Waals surface area (Å²) in [6.45, 7) is 1.68. The number of hydrogen-bond donors (Lipinski definition) is 0. The van der Waals surface area contributed by atoms with Gasteiger partial charge in [0.1, 0.15) is 0 Å². The van der Waals surface area contributed by atoms with E-state index >= 15 is 0 Å². The zero-order valence-corrected chi connectivity index (χ0v) is 11.4. The molecule has 0 radical (unpaired) electrons. The Bertz CT molecular complexity index is 668. The quantitative estimate of drug-likeness (QED) is 0.589. The zero-order chi connectivity index (χ0) is 14.2. The second-order valence-electron chi connectivity index (χ2n) is 3.96. The lowest BCUT2D eigenvalue weighted by Gasteiger charge is -2.08. The number of carbonyl (C=O) groups is 1. The minimum atomic E-state index is -1.64. The Morgan fingerprint density at radius 1 is 1.00 bits per heavy atom. The molecule has 0 heterocycles. The fourth-order valence-corrected chi connectivity index (χ4v) is 2.07. The largest absolute Gasteiger partial charge is 0.288 e. The second kappa shape index (κ2) is 5.17. The molecule has 0 bridgehead atoms. The lowest BCUT2D eigenvalue weighted by atomic mass is 9.98. The van der Waals surface area contributed by atoms with Gasteiger partial charge in [-0.15, -0.1) is 0 Å². The molecule has 2 rings (SSSR count). The summed E-state index contributed by atoms with van der Waals surface area (Å²) in [7, 11) is 0. The Hall–Kier alpha value is -1.62.